The number of rotatable bonds is 5. The molecule has 0 aliphatic heterocycles. The molecule has 0 unspecified atom stereocenters. The first-order valence-electron chi connectivity index (χ1n) is 6.43. The summed E-state index contributed by atoms with van der Waals surface area (Å²) in [4.78, 5) is 19.8. The third-order valence-electron chi connectivity index (χ3n) is 3.12. The summed E-state index contributed by atoms with van der Waals surface area (Å²) in [5, 5.41) is 3.01. The number of hydrogen-bond acceptors (Lipinski definition) is 3. The number of para-hydroxylation sites is 2. The van der Waals surface area contributed by atoms with E-state index in [9.17, 15) is 4.79 Å². The molecule has 102 valence electrons. The maximum absolute atomic E-state index is 12.0. The van der Waals surface area contributed by atoms with Crippen molar-refractivity contribution in [3.63, 3.8) is 0 Å². The Morgan fingerprint density at radius 2 is 2.21 bits per heavy atom. The lowest BCUT2D eigenvalue weighted by Gasteiger charge is -2.16. The zero-order valence-corrected chi connectivity index (χ0v) is 12.3. The summed E-state index contributed by atoms with van der Waals surface area (Å²) in [5.41, 5.74) is 1.92. The van der Waals surface area contributed by atoms with E-state index >= 15 is 0 Å². The van der Waals surface area contributed by atoms with Gasteiger partial charge in [-0.15, -0.1) is 0 Å². The van der Waals surface area contributed by atoms with Crippen LogP contribution in [0.3, 0.4) is 0 Å². The Morgan fingerprint density at radius 1 is 1.47 bits per heavy atom. The Kier molecular flexibility index (Phi) is 4.47. The number of H-pyrrole nitrogens is 1. The van der Waals surface area contributed by atoms with Gasteiger partial charge in [-0.1, -0.05) is 19.1 Å². The Hall–Kier alpha value is -1.49. The van der Waals surface area contributed by atoms with Crippen molar-refractivity contribution in [3.8, 4) is 0 Å². The third-order valence-corrected chi connectivity index (χ3v) is 4.24. The topological polar surface area (TPSA) is 57.8 Å². The van der Waals surface area contributed by atoms with Crippen molar-refractivity contribution in [2.24, 2.45) is 0 Å². The second kappa shape index (κ2) is 6.10. The van der Waals surface area contributed by atoms with E-state index in [0.29, 0.717) is 0 Å². The normalized spacial score (nSPS) is 14.3. The Balaban J connectivity index is 2.11. The van der Waals surface area contributed by atoms with Crippen LogP contribution in [0.5, 0.6) is 0 Å². The van der Waals surface area contributed by atoms with Crippen LogP contribution in [0.2, 0.25) is 0 Å². The molecular formula is C14H19N3OS. The molecule has 0 bridgehead atoms. The Morgan fingerprint density at radius 3 is 2.84 bits per heavy atom. The van der Waals surface area contributed by atoms with Crippen molar-refractivity contribution in [1.29, 1.82) is 0 Å². The van der Waals surface area contributed by atoms with Gasteiger partial charge in [-0.2, -0.15) is 11.8 Å². The summed E-state index contributed by atoms with van der Waals surface area (Å²) < 4.78 is 0. The van der Waals surface area contributed by atoms with Gasteiger partial charge in [-0.25, -0.2) is 4.98 Å². The van der Waals surface area contributed by atoms with Crippen molar-refractivity contribution in [2.45, 2.75) is 31.6 Å². The summed E-state index contributed by atoms with van der Waals surface area (Å²) in [7, 11) is 0. The largest absolute Gasteiger partial charge is 0.345 e. The van der Waals surface area contributed by atoms with E-state index in [4.69, 9.17) is 0 Å². The summed E-state index contributed by atoms with van der Waals surface area (Å²) in [6.07, 6.45) is 2.79. The number of carbonyl (C=O) groups is 1. The smallest absolute Gasteiger partial charge is 0.233 e. The molecule has 0 radical (unpaired) electrons. The first-order chi connectivity index (χ1) is 9.15. The molecule has 0 aliphatic rings. The van der Waals surface area contributed by atoms with Crippen LogP contribution in [0.15, 0.2) is 24.3 Å². The predicted octanol–water partition coefficient (Wildman–Crippen LogP) is 2.88. The van der Waals surface area contributed by atoms with E-state index in [-0.39, 0.29) is 17.2 Å². The predicted molar refractivity (Wildman–Crippen MR) is 80.2 cm³/mol. The molecular weight excluding hydrogens is 258 g/mol. The molecule has 0 saturated heterocycles. The number of nitrogens with zero attached hydrogens (tertiary/aromatic N) is 1. The zero-order valence-electron chi connectivity index (χ0n) is 11.4. The van der Waals surface area contributed by atoms with E-state index in [1.54, 1.807) is 11.8 Å². The molecule has 1 aromatic heterocycles. The molecule has 2 aromatic rings. The number of hydrogen-bond donors (Lipinski definition) is 2. The average Bonchev–Trinajstić information content (AvgIpc) is 2.84. The van der Waals surface area contributed by atoms with E-state index in [0.717, 1.165) is 23.3 Å². The second-order valence-electron chi connectivity index (χ2n) is 4.50. The third kappa shape index (κ3) is 3.10. The van der Waals surface area contributed by atoms with Crippen LogP contribution in [-0.2, 0) is 4.79 Å². The van der Waals surface area contributed by atoms with Crippen LogP contribution in [-0.4, -0.2) is 27.4 Å². The van der Waals surface area contributed by atoms with Gasteiger partial charge in [0.2, 0.25) is 5.91 Å². The lowest BCUT2D eigenvalue weighted by molar-refractivity contribution is -0.121. The van der Waals surface area contributed by atoms with E-state index in [1.807, 2.05) is 44.4 Å². The fourth-order valence-electron chi connectivity index (χ4n) is 2.01. The molecule has 5 heteroatoms. The minimum atomic E-state index is -0.110. The summed E-state index contributed by atoms with van der Waals surface area (Å²) >= 11 is 1.58. The van der Waals surface area contributed by atoms with Gasteiger partial charge in [-0.3, -0.25) is 4.79 Å². The van der Waals surface area contributed by atoms with Gasteiger partial charge in [-0.05, 0) is 31.7 Å². The highest BCUT2D eigenvalue weighted by atomic mass is 32.2. The molecule has 2 atom stereocenters. The van der Waals surface area contributed by atoms with Crippen LogP contribution < -0.4 is 5.32 Å². The Bertz CT molecular complexity index is 530. The quantitative estimate of drug-likeness (QED) is 0.883. The van der Waals surface area contributed by atoms with Crippen LogP contribution >= 0.6 is 11.8 Å². The highest BCUT2D eigenvalue weighted by Gasteiger charge is 2.19. The molecule has 0 aliphatic carbocycles. The van der Waals surface area contributed by atoms with Gasteiger partial charge in [0, 0.05) is 0 Å². The van der Waals surface area contributed by atoms with Crippen molar-refractivity contribution >= 4 is 28.7 Å². The number of aromatic amines is 1. The molecule has 1 heterocycles. The summed E-state index contributed by atoms with van der Waals surface area (Å²) in [6, 6.07) is 7.75. The van der Waals surface area contributed by atoms with Crippen molar-refractivity contribution in [1.82, 2.24) is 15.3 Å². The van der Waals surface area contributed by atoms with Crippen LogP contribution in [0.4, 0.5) is 0 Å². The average molecular weight is 277 g/mol. The van der Waals surface area contributed by atoms with Crippen LogP contribution in [0, 0.1) is 0 Å². The highest BCUT2D eigenvalue weighted by Crippen LogP contribution is 2.17. The van der Waals surface area contributed by atoms with E-state index in [1.165, 1.54) is 0 Å². The lowest BCUT2D eigenvalue weighted by atomic mass is 10.2. The first-order valence-corrected chi connectivity index (χ1v) is 7.72. The minimum absolute atomic E-state index is 0.00632. The SMILES string of the molecule is CC[C@@H](SC)C(=O)N[C@H](C)c1nc2ccccc2[nH]1. The number of benzene rings is 1. The van der Waals surface area contributed by atoms with Crippen molar-refractivity contribution < 1.29 is 4.79 Å². The van der Waals surface area contributed by atoms with Gasteiger partial charge in [0.05, 0.1) is 22.3 Å². The van der Waals surface area contributed by atoms with Gasteiger partial charge >= 0.3 is 0 Å². The van der Waals surface area contributed by atoms with E-state index < -0.39 is 0 Å². The minimum Gasteiger partial charge on any atom is -0.345 e. The molecule has 1 aromatic carbocycles. The first kappa shape index (κ1) is 13.9. The summed E-state index contributed by atoms with van der Waals surface area (Å²) in [5.74, 6) is 0.869. The van der Waals surface area contributed by atoms with Crippen molar-refractivity contribution in [2.75, 3.05) is 6.26 Å². The maximum atomic E-state index is 12.0. The van der Waals surface area contributed by atoms with Crippen LogP contribution in [0.25, 0.3) is 11.0 Å². The zero-order chi connectivity index (χ0) is 13.8. The van der Waals surface area contributed by atoms with Crippen molar-refractivity contribution in [3.05, 3.63) is 30.1 Å². The molecule has 2 N–H and O–H groups in total. The number of amides is 1. The molecule has 2 rings (SSSR count). The number of thioether (sulfide) groups is 1. The van der Waals surface area contributed by atoms with E-state index in [2.05, 4.69) is 15.3 Å². The maximum Gasteiger partial charge on any atom is 0.233 e. The number of fused-ring (bicyclic) bond motifs is 1. The Labute approximate surface area is 117 Å². The molecule has 4 nitrogen and oxygen atoms in total. The number of imidazole rings is 1. The van der Waals surface area contributed by atoms with Gasteiger partial charge in [0.15, 0.2) is 0 Å². The number of nitrogens with one attached hydrogen (secondary N) is 2. The fraction of sp³-hybridized carbons (Fsp3) is 0.429. The standard InChI is InChI=1S/C14H19N3OS/c1-4-12(19-3)14(18)15-9(2)13-16-10-7-5-6-8-11(10)17-13/h5-9,12H,4H2,1-3H3,(H,15,18)(H,16,17)/t9-,12-/m1/s1. The van der Waals surface area contributed by atoms with Gasteiger partial charge in [0.1, 0.15) is 5.82 Å². The number of aromatic nitrogens is 2. The fourth-order valence-corrected chi connectivity index (χ4v) is 2.63. The molecule has 0 spiro atoms. The van der Waals surface area contributed by atoms with Crippen LogP contribution in [0.1, 0.15) is 32.1 Å². The lowest BCUT2D eigenvalue weighted by Crippen LogP contribution is -2.34. The summed E-state index contributed by atoms with van der Waals surface area (Å²) in [6.45, 7) is 3.97. The second-order valence-corrected chi connectivity index (χ2v) is 5.54. The number of carbonyl (C=O) groups excluding carboxylic acids is 1. The molecule has 1 amide bonds. The monoisotopic (exact) mass is 277 g/mol. The van der Waals surface area contributed by atoms with Gasteiger partial charge in [0.25, 0.3) is 0 Å². The molecule has 0 fully saturated rings. The molecule has 19 heavy (non-hydrogen) atoms. The van der Waals surface area contributed by atoms with Gasteiger partial charge < -0.3 is 10.3 Å². The molecule has 0 saturated carbocycles. The highest BCUT2D eigenvalue weighted by molar-refractivity contribution is 7.99.